The van der Waals surface area contributed by atoms with Crippen LogP contribution in [0.5, 0.6) is 0 Å². The van der Waals surface area contributed by atoms with E-state index in [1.807, 2.05) is 18.2 Å². The van der Waals surface area contributed by atoms with Gasteiger partial charge in [-0.25, -0.2) is 0 Å². The standard InChI is InChI=1S/C17H18BrN3/c1-11-4-6-15-12(9-11)3-2-8-21(15)16-7-5-13(17(19)20)10-14(16)18/h4-7,9-10H,2-3,8H2,1H3,(H3,19,20). The number of aryl methyl sites for hydroxylation is 2. The third-order valence-electron chi connectivity index (χ3n) is 3.90. The lowest BCUT2D eigenvalue weighted by molar-refractivity contribution is 0.765. The molecule has 2 aromatic rings. The Morgan fingerprint density at radius 3 is 2.67 bits per heavy atom. The maximum Gasteiger partial charge on any atom is 0.122 e. The number of nitrogens with zero attached hydrogens (tertiary/aromatic N) is 1. The van der Waals surface area contributed by atoms with Crippen molar-refractivity contribution in [1.82, 2.24) is 0 Å². The van der Waals surface area contributed by atoms with Crippen molar-refractivity contribution in [2.75, 3.05) is 11.4 Å². The van der Waals surface area contributed by atoms with E-state index in [0.29, 0.717) is 0 Å². The average molecular weight is 344 g/mol. The molecule has 2 aromatic carbocycles. The van der Waals surface area contributed by atoms with Gasteiger partial charge in [-0.05, 0) is 65.5 Å². The SMILES string of the molecule is Cc1ccc2c(c1)CCCN2c1ccc(C(=N)N)cc1Br. The van der Waals surface area contributed by atoms with E-state index in [-0.39, 0.29) is 5.84 Å². The number of nitrogens with two attached hydrogens (primary N) is 1. The molecule has 1 aliphatic rings. The number of nitrogen functional groups attached to an aromatic ring is 1. The first kappa shape index (κ1) is 14.1. The van der Waals surface area contributed by atoms with E-state index in [0.717, 1.165) is 35.1 Å². The van der Waals surface area contributed by atoms with Crippen LogP contribution in [0.2, 0.25) is 0 Å². The van der Waals surface area contributed by atoms with E-state index >= 15 is 0 Å². The number of hydrogen-bond acceptors (Lipinski definition) is 2. The fourth-order valence-electron chi connectivity index (χ4n) is 2.87. The van der Waals surface area contributed by atoms with Gasteiger partial charge in [-0.2, -0.15) is 0 Å². The van der Waals surface area contributed by atoms with Crippen LogP contribution in [-0.2, 0) is 6.42 Å². The fourth-order valence-corrected chi connectivity index (χ4v) is 3.46. The van der Waals surface area contributed by atoms with Crippen LogP contribution in [0.1, 0.15) is 23.1 Å². The minimum absolute atomic E-state index is 0.0944. The summed E-state index contributed by atoms with van der Waals surface area (Å²) < 4.78 is 0.976. The zero-order chi connectivity index (χ0) is 15.0. The molecule has 1 heterocycles. The van der Waals surface area contributed by atoms with E-state index in [9.17, 15) is 0 Å². The Morgan fingerprint density at radius 2 is 1.95 bits per heavy atom. The predicted octanol–water partition coefficient (Wildman–Crippen LogP) is 4.13. The molecule has 0 aliphatic carbocycles. The van der Waals surface area contributed by atoms with Gasteiger partial charge in [0.1, 0.15) is 5.84 Å². The van der Waals surface area contributed by atoms with E-state index < -0.39 is 0 Å². The van der Waals surface area contributed by atoms with E-state index in [1.165, 1.54) is 16.8 Å². The highest BCUT2D eigenvalue weighted by Crippen LogP contribution is 2.38. The monoisotopic (exact) mass is 343 g/mol. The van der Waals surface area contributed by atoms with Gasteiger partial charge in [-0.1, -0.05) is 17.7 Å². The number of hydrogen-bond donors (Lipinski definition) is 2. The molecule has 0 spiro atoms. The summed E-state index contributed by atoms with van der Waals surface area (Å²) in [7, 11) is 0. The smallest absolute Gasteiger partial charge is 0.122 e. The molecular formula is C17H18BrN3. The molecule has 21 heavy (non-hydrogen) atoms. The molecule has 0 aromatic heterocycles. The van der Waals surface area contributed by atoms with Crippen molar-refractivity contribution in [2.45, 2.75) is 19.8 Å². The van der Waals surface area contributed by atoms with Crippen molar-refractivity contribution >= 4 is 33.1 Å². The maximum atomic E-state index is 7.53. The molecule has 0 bridgehead atoms. The van der Waals surface area contributed by atoms with Gasteiger partial charge in [0.05, 0.1) is 5.69 Å². The molecule has 1 aliphatic heterocycles. The zero-order valence-electron chi connectivity index (χ0n) is 12.0. The highest BCUT2D eigenvalue weighted by molar-refractivity contribution is 9.10. The van der Waals surface area contributed by atoms with E-state index in [4.69, 9.17) is 11.1 Å². The summed E-state index contributed by atoms with van der Waals surface area (Å²) in [6, 6.07) is 12.5. The average Bonchev–Trinajstić information content (AvgIpc) is 2.46. The fraction of sp³-hybridized carbons (Fsp3) is 0.235. The second-order valence-electron chi connectivity index (χ2n) is 5.47. The Morgan fingerprint density at radius 1 is 1.19 bits per heavy atom. The maximum absolute atomic E-state index is 7.53. The van der Waals surface area contributed by atoms with Crippen LogP contribution in [0.15, 0.2) is 40.9 Å². The van der Waals surface area contributed by atoms with Crippen LogP contribution in [-0.4, -0.2) is 12.4 Å². The second-order valence-corrected chi connectivity index (χ2v) is 6.32. The van der Waals surface area contributed by atoms with Crippen LogP contribution in [0.3, 0.4) is 0 Å². The largest absolute Gasteiger partial charge is 0.384 e. The van der Waals surface area contributed by atoms with Crippen molar-refractivity contribution in [3.63, 3.8) is 0 Å². The third-order valence-corrected chi connectivity index (χ3v) is 4.54. The first-order chi connectivity index (χ1) is 10.1. The van der Waals surface area contributed by atoms with Crippen LogP contribution in [0.25, 0.3) is 0 Å². The first-order valence-corrected chi connectivity index (χ1v) is 7.86. The summed E-state index contributed by atoms with van der Waals surface area (Å²) in [6.45, 7) is 3.14. The van der Waals surface area contributed by atoms with E-state index in [1.54, 1.807) is 0 Å². The third kappa shape index (κ3) is 2.68. The number of amidine groups is 1. The summed E-state index contributed by atoms with van der Waals surface area (Å²) in [4.78, 5) is 2.34. The Balaban J connectivity index is 2.05. The molecule has 0 fully saturated rings. The Labute approximate surface area is 133 Å². The minimum Gasteiger partial charge on any atom is -0.384 e. The van der Waals surface area contributed by atoms with Crippen molar-refractivity contribution < 1.29 is 0 Å². The van der Waals surface area contributed by atoms with Gasteiger partial charge < -0.3 is 10.6 Å². The number of rotatable bonds is 2. The molecule has 0 saturated carbocycles. The molecule has 0 unspecified atom stereocenters. The lowest BCUT2D eigenvalue weighted by atomic mass is 9.99. The number of benzene rings is 2. The van der Waals surface area contributed by atoms with Crippen molar-refractivity contribution in [3.8, 4) is 0 Å². The van der Waals surface area contributed by atoms with Crippen LogP contribution >= 0.6 is 15.9 Å². The van der Waals surface area contributed by atoms with Gasteiger partial charge in [0.25, 0.3) is 0 Å². The topological polar surface area (TPSA) is 53.1 Å². The molecule has 0 amide bonds. The second kappa shape index (κ2) is 5.53. The number of fused-ring (bicyclic) bond motifs is 1. The molecule has 0 atom stereocenters. The summed E-state index contributed by atoms with van der Waals surface area (Å²) in [5, 5.41) is 7.53. The molecule has 4 heteroatoms. The zero-order valence-corrected chi connectivity index (χ0v) is 13.6. The van der Waals surface area contributed by atoms with Crippen LogP contribution in [0, 0.1) is 12.3 Å². The summed E-state index contributed by atoms with van der Waals surface area (Å²) in [6.07, 6.45) is 2.29. The quantitative estimate of drug-likeness (QED) is 0.636. The van der Waals surface area contributed by atoms with Gasteiger partial charge in [0.15, 0.2) is 0 Å². The number of nitrogens with one attached hydrogen (secondary N) is 1. The molecule has 0 saturated heterocycles. The molecular weight excluding hydrogens is 326 g/mol. The van der Waals surface area contributed by atoms with Gasteiger partial charge in [0, 0.05) is 22.3 Å². The summed E-state index contributed by atoms with van der Waals surface area (Å²) in [5.41, 5.74) is 11.4. The first-order valence-electron chi connectivity index (χ1n) is 7.07. The van der Waals surface area contributed by atoms with Gasteiger partial charge in [0.2, 0.25) is 0 Å². The summed E-state index contributed by atoms with van der Waals surface area (Å²) >= 11 is 3.62. The number of anilines is 2. The lowest BCUT2D eigenvalue weighted by Gasteiger charge is -2.32. The van der Waals surface area contributed by atoms with Gasteiger partial charge in [-0.3, -0.25) is 5.41 Å². The highest BCUT2D eigenvalue weighted by Gasteiger charge is 2.20. The Bertz CT molecular complexity index is 709. The molecule has 0 radical (unpaired) electrons. The summed E-state index contributed by atoms with van der Waals surface area (Å²) in [5.74, 6) is 0.0944. The highest BCUT2D eigenvalue weighted by atomic mass is 79.9. The predicted molar refractivity (Wildman–Crippen MR) is 91.7 cm³/mol. The van der Waals surface area contributed by atoms with E-state index in [2.05, 4.69) is 46.0 Å². The normalized spacial score (nSPS) is 13.9. The lowest BCUT2D eigenvalue weighted by Crippen LogP contribution is -2.25. The van der Waals surface area contributed by atoms with Gasteiger partial charge in [-0.15, -0.1) is 0 Å². The Hall–Kier alpha value is -1.81. The number of halogens is 1. The molecule has 108 valence electrons. The minimum atomic E-state index is 0.0944. The molecule has 3 nitrogen and oxygen atoms in total. The van der Waals surface area contributed by atoms with Gasteiger partial charge >= 0.3 is 0 Å². The van der Waals surface area contributed by atoms with Crippen LogP contribution in [0.4, 0.5) is 11.4 Å². The molecule has 3 rings (SSSR count). The van der Waals surface area contributed by atoms with Crippen molar-refractivity contribution in [3.05, 3.63) is 57.6 Å². The van der Waals surface area contributed by atoms with Crippen LogP contribution < -0.4 is 10.6 Å². The molecule has 3 N–H and O–H groups in total. The Kier molecular flexibility index (Phi) is 3.72. The van der Waals surface area contributed by atoms with Crippen molar-refractivity contribution in [2.24, 2.45) is 5.73 Å². The van der Waals surface area contributed by atoms with Crippen molar-refractivity contribution in [1.29, 1.82) is 5.41 Å².